The number of aryl methyl sites for hydroxylation is 1. The molecule has 1 aliphatic heterocycles. The molecule has 0 radical (unpaired) electrons. The van der Waals surface area contributed by atoms with E-state index in [4.69, 9.17) is 4.74 Å². The maximum Gasteiger partial charge on any atom is 0.310 e. The van der Waals surface area contributed by atoms with Crippen LogP contribution in [0.3, 0.4) is 0 Å². The molecule has 8 heteroatoms. The molecule has 27 heavy (non-hydrogen) atoms. The van der Waals surface area contributed by atoms with Crippen LogP contribution in [0.1, 0.15) is 18.9 Å². The van der Waals surface area contributed by atoms with E-state index in [0.717, 1.165) is 22.3 Å². The fourth-order valence-electron chi connectivity index (χ4n) is 3.16. The van der Waals surface area contributed by atoms with E-state index < -0.39 is 0 Å². The van der Waals surface area contributed by atoms with Crippen molar-refractivity contribution in [2.75, 3.05) is 39.1 Å². The maximum absolute atomic E-state index is 12.2. The quantitative estimate of drug-likeness (QED) is 0.418. The highest BCUT2D eigenvalue weighted by molar-refractivity contribution is 9.10. The van der Waals surface area contributed by atoms with Gasteiger partial charge in [0.05, 0.1) is 13.0 Å². The van der Waals surface area contributed by atoms with Gasteiger partial charge in [-0.2, -0.15) is 0 Å². The molecule has 1 amide bonds. The Balaban J connectivity index is 1.83. The number of rotatable bonds is 5. The van der Waals surface area contributed by atoms with E-state index in [1.54, 1.807) is 7.05 Å². The number of nitrogens with one attached hydrogen (secondary N) is 2. The Bertz CT molecular complexity index is 723. The van der Waals surface area contributed by atoms with Gasteiger partial charge in [-0.05, 0) is 30.5 Å². The lowest BCUT2D eigenvalue weighted by atomic mass is 9.99. The third-order valence-corrected chi connectivity index (χ3v) is 5.23. The van der Waals surface area contributed by atoms with Gasteiger partial charge in [0, 0.05) is 43.3 Å². The molecule has 0 saturated carbocycles. The third kappa shape index (κ3) is 5.69. The number of guanidine groups is 1. The highest BCUT2D eigenvalue weighted by atomic mass is 79.9. The summed E-state index contributed by atoms with van der Waals surface area (Å²) in [5.41, 5.74) is 1.81. The molecule has 0 aromatic heterocycles. The van der Waals surface area contributed by atoms with E-state index in [2.05, 4.69) is 31.6 Å². The van der Waals surface area contributed by atoms with Gasteiger partial charge in [0.25, 0.3) is 0 Å². The molecule has 2 N–H and O–H groups in total. The SMILES string of the molecule is CN=C(NCCC(=O)Nc1cc(Br)ccc1C)N1CC(C)C(C(=O)OC)C1. The molecule has 7 nitrogen and oxygen atoms in total. The largest absolute Gasteiger partial charge is 0.469 e. The van der Waals surface area contributed by atoms with Gasteiger partial charge >= 0.3 is 5.97 Å². The van der Waals surface area contributed by atoms with Crippen molar-refractivity contribution in [1.29, 1.82) is 0 Å². The summed E-state index contributed by atoms with van der Waals surface area (Å²) in [7, 11) is 3.11. The Morgan fingerprint density at radius 3 is 2.78 bits per heavy atom. The Morgan fingerprint density at radius 2 is 2.11 bits per heavy atom. The van der Waals surface area contributed by atoms with E-state index in [1.165, 1.54) is 7.11 Å². The Morgan fingerprint density at radius 1 is 1.37 bits per heavy atom. The summed E-state index contributed by atoms with van der Waals surface area (Å²) < 4.78 is 5.79. The van der Waals surface area contributed by atoms with Gasteiger partial charge in [-0.3, -0.25) is 14.6 Å². The molecular weight excluding hydrogens is 412 g/mol. The molecule has 2 atom stereocenters. The molecule has 0 aliphatic carbocycles. The zero-order chi connectivity index (χ0) is 20.0. The summed E-state index contributed by atoms with van der Waals surface area (Å²) in [5.74, 6) is 0.473. The monoisotopic (exact) mass is 438 g/mol. The summed E-state index contributed by atoms with van der Waals surface area (Å²) in [6, 6.07) is 5.78. The number of likely N-dealkylation sites (tertiary alicyclic amines) is 1. The molecule has 0 spiro atoms. The number of aliphatic imine (C=N–C) groups is 1. The van der Waals surface area contributed by atoms with Crippen LogP contribution in [0, 0.1) is 18.8 Å². The normalized spacial score (nSPS) is 19.7. The lowest BCUT2D eigenvalue weighted by Crippen LogP contribution is -2.41. The van der Waals surface area contributed by atoms with Crippen LogP contribution in [0.5, 0.6) is 0 Å². The number of esters is 1. The first-order valence-electron chi connectivity index (χ1n) is 8.95. The van der Waals surface area contributed by atoms with Crippen LogP contribution in [-0.2, 0) is 14.3 Å². The van der Waals surface area contributed by atoms with Crippen LogP contribution in [0.2, 0.25) is 0 Å². The number of methoxy groups -OCH3 is 1. The highest BCUT2D eigenvalue weighted by Crippen LogP contribution is 2.24. The van der Waals surface area contributed by atoms with Crippen molar-refractivity contribution in [3.05, 3.63) is 28.2 Å². The molecule has 1 fully saturated rings. The van der Waals surface area contributed by atoms with Gasteiger partial charge in [-0.25, -0.2) is 0 Å². The number of hydrogen-bond acceptors (Lipinski definition) is 4. The Hall–Kier alpha value is -2.09. The Labute approximate surface area is 168 Å². The van der Waals surface area contributed by atoms with Crippen LogP contribution in [0.4, 0.5) is 5.69 Å². The summed E-state index contributed by atoms with van der Waals surface area (Å²) in [4.78, 5) is 30.4. The lowest BCUT2D eigenvalue weighted by Gasteiger charge is -2.21. The van der Waals surface area contributed by atoms with Crippen LogP contribution >= 0.6 is 15.9 Å². The second-order valence-corrected chi connectivity index (χ2v) is 7.66. The first kappa shape index (κ1) is 21.2. The van der Waals surface area contributed by atoms with E-state index in [9.17, 15) is 9.59 Å². The molecular formula is C19H27BrN4O3. The number of anilines is 1. The molecule has 2 unspecified atom stereocenters. The third-order valence-electron chi connectivity index (χ3n) is 4.74. The minimum Gasteiger partial charge on any atom is -0.469 e. The number of carbonyl (C=O) groups is 2. The number of benzene rings is 1. The van der Waals surface area contributed by atoms with Crippen molar-refractivity contribution in [1.82, 2.24) is 10.2 Å². The molecule has 1 saturated heterocycles. The highest BCUT2D eigenvalue weighted by Gasteiger charge is 2.36. The topological polar surface area (TPSA) is 83.0 Å². The Kier molecular flexibility index (Phi) is 7.65. The van der Waals surface area contributed by atoms with Gasteiger partial charge in [0.1, 0.15) is 0 Å². The molecule has 1 aromatic carbocycles. The second kappa shape index (κ2) is 9.73. The van der Waals surface area contributed by atoms with Crippen molar-refractivity contribution >= 4 is 39.5 Å². The fraction of sp³-hybridized carbons (Fsp3) is 0.526. The second-order valence-electron chi connectivity index (χ2n) is 6.74. The summed E-state index contributed by atoms with van der Waals surface area (Å²) in [6.07, 6.45) is 0.314. The molecule has 2 rings (SSSR count). The lowest BCUT2D eigenvalue weighted by molar-refractivity contribution is -0.146. The number of ether oxygens (including phenoxy) is 1. The van der Waals surface area contributed by atoms with Crippen LogP contribution in [0.15, 0.2) is 27.7 Å². The molecule has 0 bridgehead atoms. The first-order chi connectivity index (χ1) is 12.8. The van der Waals surface area contributed by atoms with Gasteiger partial charge < -0.3 is 20.3 Å². The van der Waals surface area contributed by atoms with Crippen molar-refractivity contribution in [3.8, 4) is 0 Å². The zero-order valence-corrected chi connectivity index (χ0v) is 17.8. The van der Waals surface area contributed by atoms with Crippen molar-refractivity contribution in [3.63, 3.8) is 0 Å². The molecule has 1 aliphatic rings. The average molecular weight is 439 g/mol. The average Bonchev–Trinajstić information content (AvgIpc) is 3.02. The predicted molar refractivity (Wildman–Crippen MR) is 110 cm³/mol. The smallest absolute Gasteiger partial charge is 0.310 e. The van der Waals surface area contributed by atoms with E-state index in [-0.39, 0.29) is 23.7 Å². The van der Waals surface area contributed by atoms with Crippen LogP contribution < -0.4 is 10.6 Å². The van der Waals surface area contributed by atoms with E-state index in [1.807, 2.05) is 36.9 Å². The number of hydrogen-bond donors (Lipinski definition) is 2. The van der Waals surface area contributed by atoms with Gasteiger partial charge in [0.15, 0.2) is 5.96 Å². The van der Waals surface area contributed by atoms with Crippen LogP contribution in [0.25, 0.3) is 0 Å². The van der Waals surface area contributed by atoms with Crippen molar-refractivity contribution in [2.45, 2.75) is 20.3 Å². The van der Waals surface area contributed by atoms with Gasteiger partial charge in [-0.15, -0.1) is 0 Å². The number of halogens is 1. The minimum atomic E-state index is -0.191. The summed E-state index contributed by atoms with van der Waals surface area (Å²) >= 11 is 3.41. The summed E-state index contributed by atoms with van der Waals surface area (Å²) in [6.45, 7) is 5.73. The summed E-state index contributed by atoms with van der Waals surface area (Å²) in [5, 5.41) is 6.13. The standard InChI is InChI=1S/C19H27BrN4O3/c1-12-5-6-14(20)9-16(12)23-17(25)7-8-22-19(21-3)24-10-13(2)15(11-24)18(26)27-4/h5-6,9,13,15H,7-8,10-11H2,1-4H3,(H,21,22)(H,23,25). The predicted octanol–water partition coefficient (Wildman–Crippen LogP) is 2.40. The number of carbonyl (C=O) groups excluding carboxylic acids is 2. The van der Waals surface area contributed by atoms with E-state index in [0.29, 0.717) is 25.5 Å². The molecule has 148 valence electrons. The fourth-order valence-corrected chi connectivity index (χ4v) is 3.52. The minimum absolute atomic E-state index is 0.0682. The molecule has 1 aromatic rings. The van der Waals surface area contributed by atoms with Crippen LogP contribution in [-0.4, -0.2) is 56.5 Å². The molecule has 1 heterocycles. The maximum atomic E-state index is 12.2. The first-order valence-corrected chi connectivity index (χ1v) is 9.74. The van der Waals surface area contributed by atoms with Crippen molar-refractivity contribution < 1.29 is 14.3 Å². The van der Waals surface area contributed by atoms with Gasteiger partial charge in [-0.1, -0.05) is 28.9 Å². The van der Waals surface area contributed by atoms with E-state index >= 15 is 0 Å². The van der Waals surface area contributed by atoms with Gasteiger partial charge in [0.2, 0.25) is 5.91 Å². The van der Waals surface area contributed by atoms with Crippen molar-refractivity contribution in [2.24, 2.45) is 16.8 Å². The number of nitrogens with zero attached hydrogens (tertiary/aromatic N) is 2. The zero-order valence-electron chi connectivity index (χ0n) is 16.2. The number of amides is 1.